The molecule has 2 N–H and O–H groups in total. The Bertz CT molecular complexity index is 282. The molecule has 2 fully saturated rings. The summed E-state index contributed by atoms with van der Waals surface area (Å²) in [5.41, 5.74) is 6.69. The number of hydrogen-bond acceptors (Lipinski definition) is 4. The van der Waals surface area contributed by atoms with Crippen molar-refractivity contribution >= 4 is 0 Å². The fourth-order valence-corrected chi connectivity index (χ4v) is 3.33. The van der Waals surface area contributed by atoms with Crippen molar-refractivity contribution in [3.05, 3.63) is 0 Å². The maximum Gasteiger partial charge on any atom is 0.0357 e. The molecule has 2 heterocycles. The highest BCUT2D eigenvalue weighted by atomic mass is 15.3. The second-order valence-electron chi connectivity index (χ2n) is 6.89. The molecule has 2 aliphatic heterocycles. The lowest BCUT2D eigenvalue weighted by Gasteiger charge is -2.55. The van der Waals surface area contributed by atoms with E-state index < -0.39 is 0 Å². The average Bonchev–Trinajstić information content (AvgIpc) is 2.34. The van der Waals surface area contributed by atoms with Gasteiger partial charge in [0, 0.05) is 37.3 Å². The number of piperazine rings is 1. The number of piperidine rings is 1. The lowest BCUT2D eigenvalue weighted by molar-refractivity contribution is -0.0442. The maximum atomic E-state index is 6.16. The number of rotatable bonds is 2. The van der Waals surface area contributed by atoms with Gasteiger partial charge in [0.2, 0.25) is 0 Å². The molecule has 0 amide bonds. The van der Waals surface area contributed by atoms with Crippen molar-refractivity contribution in [3.8, 4) is 0 Å². The van der Waals surface area contributed by atoms with E-state index in [0.717, 1.165) is 19.6 Å². The maximum absolute atomic E-state index is 6.16. The molecule has 106 valence electrons. The van der Waals surface area contributed by atoms with Crippen LogP contribution in [-0.2, 0) is 0 Å². The molecule has 4 nitrogen and oxygen atoms in total. The molecule has 2 rings (SSSR count). The minimum Gasteiger partial charge on any atom is -0.329 e. The van der Waals surface area contributed by atoms with Gasteiger partial charge in [-0.05, 0) is 53.9 Å². The van der Waals surface area contributed by atoms with Gasteiger partial charge in [-0.25, -0.2) is 0 Å². The van der Waals surface area contributed by atoms with Crippen molar-refractivity contribution in [1.82, 2.24) is 14.7 Å². The van der Waals surface area contributed by atoms with Gasteiger partial charge in [0.15, 0.2) is 0 Å². The summed E-state index contributed by atoms with van der Waals surface area (Å²) < 4.78 is 0. The van der Waals surface area contributed by atoms with Crippen LogP contribution < -0.4 is 5.73 Å². The highest BCUT2D eigenvalue weighted by Crippen LogP contribution is 2.32. The Kier molecular flexibility index (Phi) is 4.02. The van der Waals surface area contributed by atoms with E-state index in [1.54, 1.807) is 0 Å². The molecule has 0 unspecified atom stereocenters. The third kappa shape index (κ3) is 2.57. The fourth-order valence-electron chi connectivity index (χ4n) is 3.33. The highest BCUT2D eigenvalue weighted by molar-refractivity contribution is 5.01. The Labute approximate surface area is 112 Å². The van der Waals surface area contributed by atoms with Gasteiger partial charge in [0.1, 0.15) is 0 Å². The SMILES string of the molecule is CN1CCC(CN)(N2CCN(C)C(C)(C)C2)CC1. The van der Waals surface area contributed by atoms with Gasteiger partial charge < -0.3 is 10.6 Å². The Morgan fingerprint density at radius 1 is 1.00 bits per heavy atom. The monoisotopic (exact) mass is 254 g/mol. The van der Waals surface area contributed by atoms with Crippen LogP contribution in [0.2, 0.25) is 0 Å². The van der Waals surface area contributed by atoms with E-state index in [1.807, 2.05) is 0 Å². The zero-order valence-electron chi connectivity index (χ0n) is 12.6. The Hall–Kier alpha value is -0.160. The minimum atomic E-state index is 0.255. The van der Waals surface area contributed by atoms with Gasteiger partial charge in [0.05, 0.1) is 0 Å². The molecule has 0 bridgehead atoms. The smallest absolute Gasteiger partial charge is 0.0357 e. The molecule has 0 aromatic carbocycles. The van der Waals surface area contributed by atoms with E-state index in [-0.39, 0.29) is 11.1 Å². The molecule has 4 heteroatoms. The summed E-state index contributed by atoms with van der Waals surface area (Å²) in [6, 6.07) is 0. The normalized spacial score (nSPS) is 30.5. The van der Waals surface area contributed by atoms with E-state index >= 15 is 0 Å². The molecule has 0 atom stereocenters. The van der Waals surface area contributed by atoms with Gasteiger partial charge >= 0.3 is 0 Å². The van der Waals surface area contributed by atoms with Crippen LogP contribution in [0.15, 0.2) is 0 Å². The summed E-state index contributed by atoms with van der Waals surface area (Å²) in [7, 11) is 4.45. The van der Waals surface area contributed by atoms with Crippen LogP contribution in [0.3, 0.4) is 0 Å². The minimum absolute atomic E-state index is 0.255. The standard InChI is InChI=1S/C14H30N4/c1-13(2)12-18(10-9-17(13)4)14(11-15)5-7-16(3)8-6-14/h5-12,15H2,1-4H3. The molecule has 0 spiro atoms. The van der Waals surface area contributed by atoms with Crippen LogP contribution in [-0.4, -0.2) is 79.1 Å². The van der Waals surface area contributed by atoms with Crippen LogP contribution in [0.5, 0.6) is 0 Å². The molecule has 0 radical (unpaired) electrons. The zero-order chi connectivity index (χ0) is 13.4. The molecule has 0 aliphatic carbocycles. The van der Waals surface area contributed by atoms with E-state index in [4.69, 9.17) is 5.73 Å². The molecule has 0 aromatic heterocycles. The summed E-state index contributed by atoms with van der Waals surface area (Å²) in [4.78, 5) is 7.58. The number of likely N-dealkylation sites (N-methyl/N-ethyl adjacent to an activating group) is 1. The largest absolute Gasteiger partial charge is 0.329 e. The van der Waals surface area contributed by atoms with Gasteiger partial charge in [-0.15, -0.1) is 0 Å². The molecule has 2 aliphatic rings. The molecular weight excluding hydrogens is 224 g/mol. The van der Waals surface area contributed by atoms with E-state index in [0.29, 0.717) is 0 Å². The number of hydrogen-bond donors (Lipinski definition) is 1. The molecular formula is C14H30N4. The second-order valence-corrected chi connectivity index (χ2v) is 6.89. The van der Waals surface area contributed by atoms with Gasteiger partial charge in [0.25, 0.3) is 0 Å². The van der Waals surface area contributed by atoms with Gasteiger partial charge in [-0.1, -0.05) is 0 Å². The first-order valence-corrected chi connectivity index (χ1v) is 7.25. The Balaban J connectivity index is 2.09. The lowest BCUT2D eigenvalue weighted by Crippen LogP contribution is -2.67. The first-order valence-electron chi connectivity index (χ1n) is 7.25. The van der Waals surface area contributed by atoms with Gasteiger partial charge in [-0.2, -0.15) is 0 Å². The summed E-state index contributed by atoms with van der Waals surface area (Å²) in [5, 5.41) is 0. The molecule has 0 aromatic rings. The van der Waals surface area contributed by atoms with Gasteiger partial charge in [-0.3, -0.25) is 9.80 Å². The second kappa shape index (κ2) is 5.08. The Morgan fingerprint density at radius 2 is 1.61 bits per heavy atom. The number of likely N-dealkylation sites (tertiary alicyclic amines) is 1. The van der Waals surface area contributed by atoms with Crippen molar-refractivity contribution in [1.29, 1.82) is 0 Å². The van der Waals surface area contributed by atoms with E-state index in [1.165, 1.54) is 32.5 Å². The summed E-state index contributed by atoms with van der Waals surface area (Å²) in [5.74, 6) is 0. The quantitative estimate of drug-likeness (QED) is 0.775. The summed E-state index contributed by atoms with van der Waals surface area (Å²) >= 11 is 0. The van der Waals surface area contributed by atoms with Crippen molar-refractivity contribution in [2.45, 2.75) is 37.8 Å². The van der Waals surface area contributed by atoms with Crippen LogP contribution in [0.1, 0.15) is 26.7 Å². The molecule has 0 saturated carbocycles. The molecule has 2 saturated heterocycles. The number of nitrogens with zero attached hydrogens (tertiary/aromatic N) is 3. The predicted molar refractivity (Wildman–Crippen MR) is 76.8 cm³/mol. The fraction of sp³-hybridized carbons (Fsp3) is 1.00. The van der Waals surface area contributed by atoms with E-state index in [9.17, 15) is 0 Å². The predicted octanol–water partition coefficient (Wildman–Crippen LogP) is 0.436. The topological polar surface area (TPSA) is 35.7 Å². The highest BCUT2D eigenvalue weighted by Gasteiger charge is 2.43. The average molecular weight is 254 g/mol. The van der Waals surface area contributed by atoms with Crippen LogP contribution in [0.4, 0.5) is 0 Å². The summed E-state index contributed by atoms with van der Waals surface area (Å²) in [6.07, 6.45) is 2.44. The van der Waals surface area contributed by atoms with Crippen LogP contribution in [0, 0.1) is 0 Å². The van der Waals surface area contributed by atoms with Crippen molar-refractivity contribution in [2.24, 2.45) is 5.73 Å². The van der Waals surface area contributed by atoms with Crippen molar-refractivity contribution in [3.63, 3.8) is 0 Å². The third-order valence-corrected chi connectivity index (χ3v) is 5.29. The van der Waals surface area contributed by atoms with Crippen molar-refractivity contribution < 1.29 is 0 Å². The van der Waals surface area contributed by atoms with E-state index in [2.05, 4.69) is 42.6 Å². The Morgan fingerprint density at radius 3 is 2.11 bits per heavy atom. The third-order valence-electron chi connectivity index (χ3n) is 5.29. The number of nitrogens with two attached hydrogens (primary N) is 1. The van der Waals surface area contributed by atoms with Crippen LogP contribution in [0.25, 0.3) is 0 Å². The molecule has 18 heavy (non-hydrogen) atoms. The summed E-state index contributed by atoms with van der Waals surface area (Å²) in [6.45, 7) is 11.3. The lowest BCUT2D eigenvalue weighted by atomic mass is 9.83. The zero-order valence-corrected chi connectivity index (χ0v) is 12.6. The van der Waals surface area contributed by atoms with Crippen LogP contribution >= 0.6 is 0 Å². The van der Waals surface area contributed by atoms with Crippen molar-refractivity contribution in [2.75, 3.05) is 53.4 Å². The first-order chi connectivity index (χ1) is 8.39. The first kappa shape index (κ1) is 14.3.